The molecule has 0 radical (unpaired) electrons. The molecule has 0 amide bonds. The third-order valence-electron chi connectivity index (χ3n) is 2.89. The molecular weight excluding hydrogens is 309 g/mol. The average Bonchev–Trinajstić information content (AvgIpc) is 2.40. The van der Waals surface area contributed by atoms with E-state index in [2.05, 4.69) is 4.98 Å². The lowest BCUT2D eigenvalue weighted by molar-refractivity contribution is -0.138. The van der Waals surface area contributed by atoms with Crippen molar-refractivity contribution in [3.8, 4) is 0 Å². The summed E-state index contributed by atoms with van der Waals surface area (Å²) in [5.41, 5.74) is -1.90. The third-order valence-corrected chi connectivity index (χ3v) is 3.25. The maximum atomic E-state index is 12.7. The molecular formula is C13H10ClF3N2O2. The largest absolute Gasteiger partial charge is 0.421 e. The highest BCUT2D eigenvalue weighted by atomic mass is 35.5. The van der Waals surface area contributed by atoms with Crippen LogP contribution < -0.4 is 5.56 Å². The van der Waals surface area contributed by atoms with Gasteiger partial charge in [0.05, 0.1) is 18.8 Å². The minimum absolute atomic E-state index is 0.209. The van der Waals surface area contributed by atoms with E-state index >= 15 is 0 Å². The number of halogens is 4. The van der Waals surface area contributed by atoms with E-state index in [1.54, 1.807) is 0 Å². The highest BCUT2D eigenvalue weighted by Gasteiger charge is 2.34. The van der Waals surface area contributed by atoms with Gasteiger partial charge in [0.15, 0.2) is 0 Å². The van der Waals surface area contributed by atoms with E-state index in [0.29, 0.717) is 0 Å². The number of hydrogen-bond donors (Lipinski definition) is 1. The lowest BCUT2D eigenvalue weighted by atomic mass is 10.2. The SMILES string of the molecule is O=c1c(C(F)(F)F)cccn1Cc1nccc(Cl)c1CO. The lowest BCUT2D eigenvalue weighted by Crippen LogP contribution is -2.28. The van der Waals surface area contributed by atoms with Crippen molar-refractivity contribution >= 4 is 11.6 Å². The van der Waals surface area contributed by atoms with Crippen molar-refractivity contribution in [2.45, 2.75) is 19.3 Å². The lowest BCUT2D eigenvalue weighted by Gasteiger charge is -2.12. The van der Waals surface area contributed by atoms with E-state index in [-0.39, 0.29) is 22.8 Å². The standard InChI is InChI=1S/C13H10ClF3N2O2/c14-10-3-4-18-11(8(10)7-20)6-19-5-1-2-9(12(19)21)13(15,16)17/h1-5,20H,6-7H2. The van der Waals surface area contributed by atoms with Crippen molar-refractivity contribution in [1.29, 1.82) is 0 Å². The number of pyridine rings is 2. The molecule has 0 fully saturated rings. The molecule has 21 heavy (non-hydrogen) atoms. The Balaban J connectivity index is 2.47. The van der Waals surface area contributed by atoms with Crippen LogP contribution in [0.25, 0.3) is 0 Å². The summed E-state index contributed by atoms with van der Waals surface area (Å²) in [6.07, 6.45) is -2.14. The number of aliphatic hydroxyl groups excluding tert-OH is 1. The summed E-state index contributed by atoms with van der Waals surface area (Å²) in [7, 11) is 0. The van der Waals surface area contributed by atoms with Crippen molar-refractivity contribution in [3.05, 3.63) is 62.8 Å². The molecule has 0 bridgehead atoms. The Hall–Kier alpha value is -1.86. The van der Waals surface area contributed by atoms with Gasteiger partial charge in [-0.25, -0.2) is 0 Å². The predicted molar refractivity (Wildman–Crippen MR) is 70.0 cm³/mol. The number of aromatic nitrogens is 2. The number of aliphatic hydroxyl groups is 1. The van der Waals surface area contributed by atoms with Crippen LogP contribution in [0.5, 0.6) is 0 Å². The Bertz CT molecular complexity index is 713. The van der Waals surface area contributed by atoms with E-state index in [1.165, 1.54) is 18.5 Å². The first-order chi connectivity index (χ1) is 9.84. The first kappa shape index (κ1) is 15.5. The molecule has 0 aliphatic rings. The Labute approximate surface area is 122 Å². The molecule has 8 heteroatoms. The van der Waals surface area contributed by atoms with Crippen LogP contribution in [-0.4, -0.2) is 14.7 Å². The Kier molecular flexibility index (Phi) is 4.34. The predicted octanol–water partition coefficient (Wildman–Crippen LogP) is 2.46. The molecule has 2 aromatic heterocycles. The fourth-order valence-corrected chi connectivity index (χ4v) is 2.08. The normalized spacial score (nSPS) is 11.7. The highest BCUT2D eigenvalue weighted by molar-refractivity contribution is 6.31. The second-order valence-corrected chi connectivity index (χ2v) is 4.64. The second-order valence-electron chi connectivity index (χ2n) is 4.23. The van der Waals surface area contributed by atoms with Crippen LogP contribution >= 0.6 is 11.6 Å². The second kappa shape index (κ2) is 5.87. The van der Waals surface area contributed by atoms with Gasteiger partial charge in [0.1, 0.15) is 5.56 Å². The van der Waals surface area contributed by atoms with Gasteiger partial charge >= 0.3 is 6.18 Å². The van der Waals surface area contributed by atoms with Crippen LogP contribution in [0.3, 0.4) is 0 Å². The molecule has 0 spiro atoms. The fraction of sp³-hybridized carbons (Fsp3) is 0.231. The summed E-state index contributed by atoms with van der Waals surface area (Å²) >= 11 is 5.87. The Morgan fingerprint density at radius 1 is 1.33 bits per heavy atom. The van der Waals surface area contributed by atoms with Gasteiger partial charge in [-0.2, -0.15) is 13.2 Å². The molecule has 112 valence electrons. The van der Waals surface area contributed by atoms with Gasteiger partial charge in [0.2, 0.25) is 0 Å². The molecule has 1 N–H and O–H groups in total. The summed E-state index contributed by atoms with van der Waals surface area (Å²) in [6, 6.07) is 3.30. The molecule has 0 aromatic carbocycles. The zero-order valence-electron chi connectivity index (χ0n) is 10.6. The molecule has 0 aliphatic carbocycles. The monoisotopic (exact) mass is 318 g/mol. The Morgan fingerprint density at radius 2 is 2.05 bits per heavy atom. The summed E-state index contributed by atoms with van der Waals surface area (Å²) in [5.74, 6) is 0. The quantitative estimate of drug-likeness (QED) is 0.946. The molecule has 2 aromatic rings. The van der Waals surface area contributed by atoms with Crippen LogP contribution in [0.4, 0.5) is 13.2 Å². The summed E-state index contributed by atoms with van der Waals surface area (Å²) in [4.78, 5) is 15.8. The van der Waals surface area contributed by atoms with Gasteiger partial charge in [-0.3, -0.25) is 9.78 Å². The molecule has 0 atom stereocenters. The zero-order chi connectivity index (χ0) is 15.6. The van der Waals surface area contributed by atoms with E-state index in [0.717, 1.165) is 16.7 Å². The molecule has 0 saturated carbocycles. The number of rotatable bonds is 3. The summed E-state index contributed by atoms with van der Waals surface area (Å²) in [5, 5.41) is 9.48. The van der Waals surface area contributed by atoms with Crippen LogP contribution in [0, 0.1) is 0 Å². The molecule has 0 saturated heterocycles. The van der Waals surface area contributed by atoms with E-state index in [1.807, 2.05) is 0 Å². The van der Waals surface area contributed by atoms with Crippen LogP contribution in [0.15, 0.2) is 35.4 Å². The average molecular weight is 319 g/mol. The fourth-order valence-electron chi connectivity index (χ4n) is 1.85. The number of nitrogens with zero attached hydrogens (tertiary/aromatic N) is 2. The number of hydrogen-bond acceptors (Lipinski definition) is 3. The highest BCUT2D eigenvalue weighted by Crippen LogP contribution is 2.26. The first-order valence-corrected chi connectivity index (χ1v) is 6.22. The van der Waals surface area contributed by atoms with E-state index in [9.17, 15) is 23.1 Å². The van der Waals surface area contributed by atoms with Crippen LogP contribution in [-0.2, 0) is 19.3 Å². The van der Waals surface area contributed by atoms with Gasteiger partial charge in [-0.1, -0.05) is 11.6 Å². The zero-order valence-corrected chi connectivity index (χ0v) is 11.3. The van der Waals surface area contributed by atoms with Gasteiger partial charge in [0.25, 0.3) is 5.56 Å². The third kappa shape index (κ3) is 3.25. The minimum Gasteiger partial charge on any atom is -0.392 e. The van der Waals surface area contributed by atoms with Gasteiger partial charge in [-0.05, 0) is 18.2 Å². The summed E-state index contributed by atoms with van der Waals surface area (Å²) in [6.45, 7) is -0.630. The molecule has 0 aliphatic heterocycles. The van der Waals surface area contributed by atoms with Gasteiger partial charge in [0, 0.05) is 23.0 Å². The topological polar surface area (TPSA) is 55.1 Å². The van der Waals surface area contributed by atoms with Crippen molar-refractivity contribution in [2.24, 2.45) is 0 Å². The summed E-state index contributed by atoms with van der Waals surface area (Å²) < 4.78 is 38.9. The van der Waals surface area contributed by atoms with Crippen LogP contribution in [0.2, 0.25) is 5.02 Å². The molecule has 2 heterocycles. The maximum Gasteiger partial charge on any atom is 0.421 e. The maximum absolute atomic E-state index is 12.7. The number of alkyl halides is 3. The smallest absolute Gasteiger partial charge is 0.392 e. The van der Waals surface area contributed by atoms with Gasteiger partial charge < -0.3 is 9.67 Å². The Morgan fingerprint density at radius 3 is 2.67 bits per heavy atom. The van der Waals surface area contributed by atoms with Crippen molar-refractivity contribution in [1.82, 2.24) is 9.55 Å². The van der Waals surface area contributed by atoms with Crippen LogP contribution in [0.1, 0.15) is 16.8 Å². The molecule has 0 unspecified atom stereocenters. The van der Waals surface area contributed by atoms with Crippen molar-refractivity contribution in [2.75, 3.05) is 0 Å². The molecule has 2 rings (SSSR count). The molecule has 4 nitrogen and oxygen atoms in total. The van der Waals surface area contributed by atoms with Crippen molar-refractivity contribution < 1.29 is 18.3 Å². The van der Waals surface area contributed by atoms with Crippen molar-refractivity contribution in [3.63, 3.8) is 0 Å². The minimum atomic E-state index is -4.72. The van der Waals surface area contributed by atoms with E-state index in [4.69, 9.17) is 11.6 Å². The van der Waals surface area contributed by atoms with Gasteiger partial charge in [-0.15, -0.1) is 0 Å². The first-order valence-electron chi connectivity index (χ1n) is 5.84. The van der Waals surface area contributed by atoms with E-state index < -0.39 is 23.9 Å².